The van der Waals surface area contributed by atoms with E-state index in [2.05, 4.69) is 214 Å². The average molecular weight is 676 g/mol. The zero-order valence-electron chi connectivity index (χ0n) is 28.9. The van der Waals surface area contributed by atoms with Gasteiger partial charge in [0.15, 0.2) is 0 Å². The first-order valence-corrected chi connectivity index (χ1v) is 18.2. The molecule has 2 aromatic heterocycles. The Bertz CT molecular complexity index is 3150. The van der Waals surface area contributed by atoms with Crippen molar-refractivity contribution < 1.29 is 0 Å². The molecule has 0 bridgehead atoms. The highest BCUT2D eigenvalue weighted by Crippen LogP contribution is 2.47. The van der Waals surface area contributed by atoms with Gasteiger partial charge in [0.1, 0.15) is 0 Å². The molecule has 0 atom stereocenters. The van der Waals surface area contributed by atoms with Gasteiger partial charge >= 0.3 is 0 Å². The van der Waals surface area contributed by atoms with E-state index in [4.69, 9.17) is 0 Å². The van der Waals surface area contributed by atoms with Crippen LogP contribution in [-0.4, -0.2) is 9.13 Å². The molecule has 0 amide bonds. The highest BCUT2D eigenvalue weighted by atomic mass is 15.1. The van der Waals surface area contributed by atoms with Gasteiger partial charge in [0.05, 0.1) is 27.8 Å². The third-order valence-corrected chi connectivity index (χ3v) is 10.8. The van der Waals surface area contributed by atoms with Crippen molar-refractivity contribution in [2.24, 2.45) is 0 Å². The second-order valence-corrected chi connectivity index (χ2v) is 13.7. The molecule has 0 saturated heterocycles. The van der Waals surface area contributed by atoms with Crippen LogP contribution in [0.5, 0.6) is 0 Å². The predicted octanol–water partition coefficient (Wildman–Crippen LogP) is 13.7. The average Bonchev–Trinajstić information content (AvgIpc) is 3.76. The molecule has 2 heterocycles. The van der Waals surface area contributed by atoms with E-state index in [9.17, 15) is 0 Å². The molecule has 248 valence electrons. The molecule has 11 rings (SSSR count). The van der Waals surface area contributed by atoms with Gasteiger partial charge in [0, 0.05) is 60.5 Å². The zero-order valence-corrected chi connectivity index (χ0v) is 28.9. The first-order valence-electron chi connectivity index (χ1n) is 18.2. The summed E-state index contributed by atoms with van der Waals surface area (Å²) in [7, 11) is 0. The third-order valence-electron chi connectivity index (χ3n) is 10.8. The number of hydrogen-bond acceptors (Lipinski definition) is 1. The largest absolute Gasteiger partial charge is 0.310 e. The van der Waals surface area contributed by atoms with Crippen molar-refractivity contribution in [3.63, 3.8) is 0 Å². The van der Waals surface area contributed by atoms with Crippen LogP contribution < -0.4 is 4.90 Å². The quantitative estimate of drug-likeness (QED) is 0.177. The van der Waals surface area contributed by atoms with E-state index < -0.39 is 0 Å². The van der Waals surface area contributed by atoms with Crippen molar-refractivity contribution in [1.29, 1.82) is 0 Å². The van der Waals surface area contributed by atoms with Gasteiger partial charge in [0.2, 0.25) is 0 Å². The molecule has 53 heavy (non-hydrogen) atoms. The van der Waals surface area contributed by atoms with Gasteiger partial charge < -0.3 is 14.0 Å². The van der Waals surface area contributed by atoms with E-state index in [1.165, 1.54) is 65.2 Å². The van der Waals surface area contributed by atoms with Crippen LogP contribution in [0.15, 0.2) is 200 Å². The molecule has 0 aliphatic heterocycles. The fourth-order valence-electron chi connectivity index (χ4n) is 8.66. The predicted molar refractivity (Wildman–Crippen MR) is 225 cm³/mol. The van der Waals surface area contributed by atoms with Crippen LogP contribution in [0.25, 0.3) is 76.5 Å². The van der Waals surface area contributed by atoms with Crippen molar-refractivity contribution in [1.82, 2.24) is 9.13 Å². The monoisotopic (exact) mass is 675 g/mol. The van der Waals surface area contributed by atoms with Gasteiger partial charge in [-0.3, -0.25) is 0 Å². The second kappa shape index (κ2) is 11.7. The molecule has 3 nitrogen and oxygen atoms in total. The van der Waals surface area contributed by atoms with E-state index >= 15 is 0 Å². The molecule has 0 N–H and O–H groups in total. The summed E-state index contributed by atoms with van der Waals surface area (Å²) in [5.74, 6) is 0. The van der Waals surface area contributed by atoms with Crippen molar-refractivity contribution in [2.75, 3.05) is 4.90 Å². The molecule has 11 aromatic rings. The molecular weight excluding hydrogens is 643 g/mol. The summed E-state index contributed by atoms with van der Waals surface area (Å²) in [6.07, 6.45) is 0. The van der Waals surface area contributed by atoms with E-state index in [0.717, 1.165) is 28.4 Å². The van der Waals surface area contributed by atoms with Gasteiger partial charge in [-0.1, -0.05) is 133 Å². The van der Waals surface area contributed by atoms with Gasteiger partial charge in [-0.25, -0.2) is 0 Å². The number of aromatic nitrogens is 2. The number of benzene rings is 9. The fourth-order valence-corrected chi connectivity index (χ4v) is 8.66. The highest BCUT2D eigenvalue weighted by molar-refractivity contribution is 6.37. The highest BCUT2D eigenvalue weighted by Gasteiger charge is 2.24. The molecule has 0 aliphatic carbocycles. The summed E-state index contributed by atoms with van der Waals surface area (Å²) < 4.78 is 4.94. The normalized spacial score (nSPS) is 11.8. The first kappa shape index (κ1) is 29.6. The SMILES string of the molecule is c1ccc(N(c2ccc(-n3c4ccccc4c4c5c6ccccc6n(-c6ccccc6)c5c5ccccc5c43)cc2)c2cccc3ccccc23)cc1. The Labute approximate surface area is 306 Å². The summed E-state index contributed by atoms with van der Waals surface area (Å²) in [4.78, 5) is 2.37. The summed E-state index contributed by atoms with van der Waals surface area (Å²) in [6.45, 7) is 0. The molecular formula is C50H33N3. The topological polar surface area (TPSA) is 13.1 Å². The number of fused-ring (bicyclic) bond motifs is 11. The number of para-hydroxylation sites is 4. The van der Waals surface area contributed by atoms with Crippen LogP contribution in [0.4, 0.5) is 17.1 Å². The maximum atomic E-state index is 2.48. The van der Waals surface area contributed by atoms with Crippen molar-refractivity contribution in [3.8, 4) is 11.4 Å². The second-order valence-electron chi connectivity index (χ2n) is 13.7. The van der Waals surface area contributed by atoms with Crippen LogP contribution in [0.2, 0.25) is 0 Å². The molecule has 3 heteroatoms. The van der Waals surface area contributed by atoms with Crippen molar-refractivity contribution in [3.05, 3.63) is 200 Å². The van der Waals surface area contributed by atoms with Crippen LogP contribution in [0.3, 0.4) is 0 Å². The van der Waals surface area contributed by atoms with E-state index in [0.29, 0.717) is 0 Å². The van der Waals surface area contributed by atoms with E-state index in [1.54, 1.807) is 0 Å². The number of hydrogen-bond donors (Lipinski definition) is 0. The van der Waals surface area contributed by atoms with Crippen LogP contribution in [-0.2, 0) is 0 Å². The lowest BCUT2D eigenvalue weighted by atomic mass is 9.99. The van der Waals surface area contributed by atoms with Crippen LogP contribution in [0, 0.1) is 0 Å². The third kappa shape index (κ3) is 4.41. The van der Waals surface area contributed by atoms with E-state index in [1.807, 2.05) is 0 Å². The molecule has 0 saturated carbocycles. The maximum Gasteiger partial charge on any atom is 0.0627 e. The first-order chi connectivity index (χ1) is 26.3. The minimum atomic E-state index is 1.11. The van der Waals surface area contributed by atoms with Gasteiger partial charge in [-0.2, -0.15) is 0 Å². The van der Waals surface area contributed by atoms with Gasteiger partial charge in [0.25, 0.3) is 0 Å². The fraction of sp³-hybridized carbons (Fsp3) is 0. The Morgan fingerprint density at radius 3 is 1.34 bits per heavy atom. The summed E-state index contributed by atoms with van der Waals surface area (Å²) in [5.41, 5.74) is 10.5. The lowest BCUT2D eigenvalue weighted by Crippen LogP contribution is -2.10. The molecule has 0 spiro atoms. The summed E-state index contributed by atoms with van der Waals surface area (Å²) in [5, 5.41) is 9.99. The molecule has 0 aliphatic rings. The molecule has 0 unspecified atom stereocenters. The Balaban J connectivity index is 1.21. The number of nitrogens with zero attached hydrogens (tertiary/aromatic N) is 3. The Morgan fingerprint density at radius 1 is 0.302 bits per heavy atom. The summed E-state index contributed by atoms with van der Waals surface area (Å²) in [6, 6.07) is 72.5. The minimum absolute atomic E-state index is 1.11. The standard InChI is InChI=1S/C50H33N3/c1-3-18-35(19-4-1)51(44-29-15-17-34-16-7-8-22-39(34)44)37-30-32-38(33-31-37)53-46-28-14-12-26-43(46)48-47-42-25-11-13-27-45(42)52(36-20-5-2-6-21-36)49(47)40-23-9-10-24-41(40)50(48)53/h1-33H. The smallest absolute Gasteiger partial charge is 0.0627 e. The van der Waals surface area contributed by atoms with Gasteiger partial charge in [-0.05, 0) is 72.1 Å². The van der Waals surface area contributed by atoms with Crippen molar-refractivity contribution in [2.45, 2.75) is 0 Å². The molecule has 0 radical (unpaired) electrons. The minimum Gasteiger partial charge on any atom is -0.310 e. The lowest BCUT2D eigenvalue weighted by Gasteiger charge is -2.27. The Kier molecular flexibility index (Phi) is 6.55. The summed E-state index contributed by atoms with van der Waals surface area (Å²) >= 11 is 0. The van der Waals surface area contributed by atoms with Crippen molar-refractivity contribution >= 4 is 82.2 Å². The van der Waals surface area contributed by atoms with E-state index in [-0.39, 0.29) is 0 Å². The van der Waals surface area contributed by atoms with Gasteiger partial charge in [-0.15, -0.1) is 0 Å². The Morgan fingerprint density at radius 2 is 0.736 bits per heavy atom. The Hall–Kier alpha value is -7.10. The van der Waals surface area contributed by atoms with Crippen LogP contribution in [0.1, 0.15) is 0 Å². The molecule has 0 fully saturated rings. The molecule has 9 aromatic carbocycles. The zero-order chi connectivity index (χ0) is 34.9. The number of anilines is 3. The van der Waals surface area contributed by atoms with Crippen LogP contribution >= 0.6 is 0 Å². The number of rotatable bonds is 5. The lowest BCUT2D eigenvalue weighted by molar-refractivity contribution is 1.18. The maximum absolute atomic E-state index is 2.48.